The van der Waals surface area contributed by atoms with Crippen molar-refractivity contribution in [3.05, 3.63) is 142 Å². The minimum Gasteiger partial charge on any atom is -0.378 e. The zero-order valence-electron chi connectivity index (χ0n) is 23.6. The maximum Gasteiger partial charge on any atom is 0.164 e. The SMILES string of the molecule is Cc1cc(C)cc([C@@](O)(c2ccccc2)[C@@H]2OC(C)(C)O[C@H]2[C@](O)(c2ccccc2)c2cc(C)cc(C)c2)c1. The second-order valence-corrected chi connectivity index (χ2v) is 11.5. The molecule has 4 aromatic carbocycles. The minimum absolute atomic E-state index is 0.669. The van der Waals surface area contributed by atoms with E-state index < -0.39 is 29.2 Å². The van der Waals surface area contributed by atoms with Crippen LogP contribution in [0.2, 0.25) is 0 Å². The predicted octanol–water partition coefficient (Wildman–Crippen LogP) is 6.61. The van der Waals surface area contributed by atoms with E-state index in [1.54, 1.807) is 0 Å². The molecule has 202 valence electrons. The summed E-state index contributed by atoms with van der Waals surface area (Å²) < 4.78 is 13.3. The van der Waals surface area contributed by atoms with Gasteiger partial charge in [-0.05, 0) is 63.8 Å². The van der Waals surface area contributed by atoms with E-state index in [1.165, 1.54) is 0 Å². The number of rotatable bonds is 6. The zero-order valence-corrected chi connectivity index (χ0v) is 23.6. The largest absolute Gasteiger partial charge is 0.378 e. The molecule has 1 aliphatic heterocycles. The molecule has 0 bridgehead atoms. The molecule has 1 fully saturated rings. The van der Waals surface area contributed by atoms with Gasteiger partial charge >= 0.3 is 0 Å². The second-order valence-electron chi connectivity index (χ2n) is 11.5. The number of ether oxygens (including phenoxy) is 2. The highest BCUT2D eigenvalue weighted by atomic mass is 16.8. The molecule has 2 N–H and O–H groups in total. The van der Waals surface area contributed by atoms with Gasteiger partial charge < -0.3 is 19.7 Å². The highest BCUT2D eigenvalue weighted by Crippen LogP contribution is 2.50. The van der Waals surface area contributed by atoms with Gasteiger partial charge in [-0.15, -0.1) is 0 Å². The third-order valence-corrected chi connectivity index (χ3v) is 7.67. The summed E-state index contributed by atoms with van der Waals surface area (Å²) in [5.41, 5.74) is 3.59. The van der Waals surface area contributed by atoms with Crippen LogP contribution < -0.4 is 0 Å². The Morgan fingerprint density at radius 3 is 1.13 bits per heavy atom. The molecule has 1 heterocycles. The Hall–Kier alpha value is -3.28. The lowest BCUT2D eigenvalue weighted by atomic mass is 9.71. The molecule has 0 amide bonds. The van der Waals surface area contributed by atoms with E-state index in [1.807, 2.05) is 126 Å². The molecule has 4 atom stereocenters. The summed E-state index contributed by atoms with van der Waals surface area (Å²) in [5, 5.41) is 25.9. The van der Waals surface area contributed by atoms with Crippen molar-refractivity contribution < 1.29 is 19.7 Å². The maximum atomic E-state index is 13.0. The lowest BCUT2D eigenvalue weighted by Crippen LogP contribution is -2.55. The van der Waals surface area contributed by atoms with E-state index in [2.05, 4.69) is 12.1 Å². The fourth-order valence-electron chi connectivity index (χ4n) is 6.14. The molecular weight excluding hydrogens is 484 g/mol. The molecule has 0 saturated carbocycles. The third kappa shape index (κ3) is 4.94. The van der Waals surface area contributed by atoms with E-state index in [-0.39, 0.29) is 0 Å². The Bertz CT molecular complexity index is 1310. The highest BCUT2D eigenvalue weighted by molar-refractivity contribution is 5.46. The predicted molar refractivity (Wildman–Crippen MR) is 155 cm³/mol. The minimum atomic E-state index is -1.63. The first kappa shape index (κ1) is 27.3. The molecule has 0 aromatic heterocycles. The van der Waals surface area contributed by atoms with Crippen molar-refractivity contribution >= 4 is 0 Å². The summed E-state index contributed by atoms with van der Waals surface area (Å²) >= 11 is 0. The summed E-state index contributed by atoms with van der Waals surface area (Å²) in [5.74, 6) is -1.07. The van der Waals surface area contributed by atoms with Crippen LogP contribution in [0.1, 0.15) is 58.4 Å². The Kier molecular flexibility index (Phi) is 7.02. The van der Waals surface area contributed by atoms with Crippen LogP contribution >= 0.6 is 0 Å². The van der Waals surface area contributed by atoms with Crippen LogP contribution in [0, 0.1) is 27.7 Å². The van der Waals surface area contributed by atoms with Crippen LogP contribution in [0.3, 0.4) is 0 Å². The molecule has 0 radical (unpaired) electrons. The van der Waals surface area contributed by atoms with Gasteiger partial charge in [-0.1, -0.05) is 119 Å². The monoisotopic (exact) mass is 522 g/mol. The molecule has 0 unspecified atom stereocenters. The summed E-state index contributed by atoms with van der Waals surface area (Å²) in [6, 6.07) is 31.2. The molecule has 1 aliphatic rings. The first-order valence-electron chi connectivity index (χ1n) is 13.5. The molecule has 4 heteroatoms. The van der Waals surface area contributed by atoms with Crippen molar-refractivity contribution in [1.82, 2.24) is 0 Å². The van der Waals surface area contributed by atoms with Gasteiger partial charge in [0.05, 0.1) is 0 Å². The number of aryl methyl sites for hydroxylation is 4. The number of hydrogen-bond donors (Lipinski definition) is 2. The van der Waals surface area contributed by atoms with Gasteiger partial charge in [0.25, 0.3) is 0 Å². The zero-order chi connectivity index (χ0) is 28.0. The van der Waals surface area contributed by atoms with E-state index in [0.717, 1.165) is 22.3 Å². The topological polar surface area (TPSA) is 58.9 Å². The first-order chi connectivity index (χ1) is 18.4. The van der Waals surface area contributed by atoms with Gasteiger partial charge in [-0.25, -0.2) is 0 Å². The normalized spacial score (nSPS) is 21.7. The van der Waals surface area contributed by atoms with Crippen molar-refractivity contribution in [3.8, 4) is 0 Å². The van der Waals surface area contributed by atoms with Crippen molar-refractivity contribution in [1.29, 1.82) is 0 Å². The standard InChI is InChI=1S/C35H38O4/c1-23-17-24(2)20-29(19-23)34(36,27-13-9-7-10-14-27)31-32(39-33(5,6)38-31)35(37,28-15-11-8-12-16-28)30-21-25(3)18-26(4)22-30/h7-22,31-32,36-37H,1-6H3/t31-,32-,34+,35+/m1/s1. The van der Waals surface area contributed by atoms with Crippen LogP contribution in [0.15, 0.2) is 97.1 Å². The molecule has 1 saturated heterocycles. The molecule has 0 spiro atoms. The molecule has 5 rings (SSSR count). The van der Waals surface area contributed by atoms with Crippen LogP contribution in [0.5, 0.6) is 0 Å². The molecule has 4 nitrogen and oxygen atoms in total. The van der Waals surface area contributed by atoms with Crippen LogP contribution in [-0.2, 0) is 20.7 Å². The summed E-state index contributed by atoms with van der Waals surface area (Å²) in [6.45, 7) is 11.7. The summed E-state index contributed by atoms with van der Waals surface area (Å²) in [6.07, 6.45) is -1.91. The highest BCUT2D eigenvalue weighted by Gasteiger charge is 2.61. The van der Waals surface area contributed by atoms with Gasteiger partial charge in [-0.2, -0.15) is 0 Å². The quantitative estimate of drug-likeness (QED) is 0.299. The Balaban J connectivity index is 1.81. The smallest absolute Gasteiger partial charge is 0.164 e. The van der Waals surface area contributed by atoms with Gasteiger partial charge in [0.15, 0.2) is 5.79 Å². The van der Waals surface area contributed by atoms with Gasteiger partial charge in [0.2, 0.25) is 0 Å². The van der Waals surface area contributed by atoms with Gasteiger partial charge in [0, 0.05) is 0 Å². The van der Waals surface area contributed by atoms with Crippen molar-refractivity contribution in [2.75, 3.05) is 0 Å². The second kappa shape index (κ2) is 10.0. The van der Waals surface area contributed by atoms with Gasteiger partial charge in [-0.3, -0.25) is 0 Å². The Labute approximate surface area is 231 Å². The molecule has 4 aromatic rings. The number of aliphatic hydroxyl groups is 2. The lowest BCUT2D eigenvalue weighted by molar-refractivity contribution is -0.172. The number of hydrogen-bond acceptors (Lipinski definition) is 4. The van der Waals surface area contributed by atoms with Crippen molar-refractivity contribution in [3.63, 3.8) is 0 Å². The van der Waals surface area contributed by atoms with E-state index in [9.17, 15) is 10.2 Å². The van der Waals surface area contributed by atoms with Crippen LogP contribution in [-0.4, -0.2) is 28.2 Å². The van der Waals surface area contributed by atoms with Crippen LogP contribution in [0.25, 0.3) is 0 Å². The van der Waals surface area contributed by atoms with Crippen molar-refractivity contribution in [2.45, 2.75) is 70.7 Å². The third-order valence-electron chi connectivity index (χ3n) is 7.67. The Morgan fingerprint density at radius 2 is 0.821 bits per heavy atom. The fraction of sp³-hybridized carbons (Fsp3) is 0.314. The van der Waals surface area contributed by atoms with E-state index in [0.29, 0.717) is 22.3 Å². The van der Waals surface area contributed by atoms with Gasteiger partial charge in [0.1, 0.15) is 23.4 Å². The number of benzene rings is 4. The molecule has 39 heavy (non-hydrogen) atoms. The first-order valence-corrected chi connectivity index (χ1v) is 13.5. The maximum absolute atomic E-state index is 13.0. The fourth-order valence-corrected chi connectivity index (χ4v) is 6.14. The molecule has 0 aliphatic carbocycles. The lowest BCUT2D eigenvalue weighted by Gasteiger charge is -2.43. The molecular formula is C35H38O4. The van der Waals surface area contributed by atoms with E-state index >= 15 is 0 Å². The summed E-state index contributed by atoms with van der Waals surface area (Å²) in [7, 11) is 0. The Morgan fingerprint density at radius 1 is 0.513 bits per heavy atom. The average molecular weight is 523 g/mol. The van der Waals surface area contributed by atoms with E-state index in [4.69, 9.17) is 9.47 Å². The summed E-state index contributed by atoms with van der Waals surface area (Å²) in [4.78, 5) is 0. The van der Waals surface area contributed by atoms with Crippen molar-refractivity contribution in [2.24, 2.45) is 0 Å². The average Bonchev–Trinajstić information content (AvgIpc) is 3.23. The van der Waals surface area contributed by atoms with Crippen LogP contribution in [0.4, 0.5) is 0 Å².